The lowest BCUT2D eigenvalue weighted by Gasteiger charge is -2.28. The highest BCUT2D eigenvalue weighted by molar-refractivity contribution is 5.82. The normalized spacial score (nSPS) is 16.9. The standard InChI is InChI=1S/C13H17N3O3/c14-7-11(13(18)19)9-1-3-10(4-2-9)16-6-5-15-12(17)8-16/h1-4,11H,5-8,14H2,(H,15,17)(H,18,19). The first-order valence-corrected chi connectivity index (χ1v) is 6.16. The summed E-state index contributed by atoms with van der Waals surface area (Å²) >= 11 is 0. The van der Waals surface area contributed by atoms with E-state index in [1.54, 1.807) is 12.1 Å². The quantitative estimate of drug-likeness (QED) is 0.696. The molecule has 1 amide bonds. The number of carbonyl (C=O) groups excluding carboxylic acids is 1. The Morgan fingerprint density at radius 3 is 2.63 bits per heavy atom. The first-order chi connectivity index (χ1) is 9.11. The van der Waals surface area contributed by atoms with E-state index in [1.165, 1.54) is 0 Å². The predicted molar refractivity (Wildman–Crippen MR) is 71.1 cm³/mol. The second-order valence-corrected chi connectivity index (χ2v) is 4.49. The van der Waals surface area contributed by atoms with Crippen LogP contribution in [0.15, 0.2) is 24.3 Å². The molecule has 1 saturated heterocycles. The Balaban J connectivity index is 2.13. The second kappa shape index (κ2) is 5.71. The van der Waals surface area contributed by atoms with Crippen LogP contribution in [0.3, 0.4) is 0 Å². The summed E-state index contributed by atoms with van der Waals surface area (Å²) in [7, 11) is 0. The Labute approximate surface area is 111 Å². The minimum Gasteiger partial charge on any atom is -0.481 e. The zero-order chi connectivity index (χ0) is 13.8. The number of nitrogens with one attached hydrogen (secondary N) is 1. The van der Waals surface area contributed by atoms with Gasteiger partial charge in [-0.1, -0.05) is 12.1 Å². The van der Waals surface area contributed by atoms with Gasteiger partial charge >= 0.3 is 5.97 Å². The molecule has 1 aromatic rings. The van der Waals surface area contributed by atoms with Crippen molar-refractivity contribution in [1.82, 2.24) is 5.32 Å². The number of aliphatic carboxylic acids is 1. The first kappa shape index (κ1) is 13.4. The summed E-state index contributed by atoms with van der Waals surface area (Å²) in [6.45, 7) is 1.78. The van der Waals surface area contributed by atoms with Crippen LogP contribution in [0.1, 0.15) is 11.5 Å². The van der Waals surface area contributed by atoms with Crippen molar-refractivity contribution in [2.75, 3.05) is 31.1 Å². The molecule has 0 aliphatic carbocycles. The Morgan fingerprint density at radius 2 is 2.11 bits per heavy atom. The summed E-state index contributed by atoms with van der Waals surface area (Å²) in [6.07, 6.45) is 0. The molecule has 6 nitrogen and oxygen atoms in total. The van der Waals surface area contributed by atoms with Crippen molar-refractivity contribution in [3.05, 3.63) is 29.8 Å². The smallest absolute Gasteiger partial charge is 0.312 e. The van der Waals surface area contributed by atoms with Crippen LogP contribution in [0.5, 0.6) is 0 Å². The van der Waals surface area contributed by atoms with Crippen molar-refractivity contribution >= 4 is 17.6 Å². The summed E-state index contributed by atoms with van der Waals surface area (Å²) in [5.41, 5.74) is 7.06. The van der Waals surface area contributed by atoms with Gasteiger partial charge in [-0.25, -0.2) is 0 Å². The Bertz CT molecular complexity index is 473. The molecule has 1 fully saturated rings. The molecule has 102 valence electrons. The van der Waals surface area contributed by atoms with Gasteiger partial charge in [-0.3, -0.25) is 9.59 Å². The predicted octanol–water partition coefficient (Wildman–Crippen LogP) is -0.250. The average molecular weight is 263 g/mol. The molecule has 0 spiro atoms. The largest absolute Gasteiger partial charge is 0.481 e. The molecule has 1 heterocycles. The highest BCUT2D eigenvalue weighted by Gasteiger charge is 2.19. The molecule has 0 saturated carbocycles. The van der Waals surface area contributed by atoms with E-state index in [2.05, 4.69) is 5.32 Å². The van der Waals surface area contributed by atoms with Crippen molar-refractivity contribution in [3.8, 4) is 0 Å². The summed E-state index contributed by atoms with van der Waals surface area (Å²) in [5.74, 6) is -1.60. The van der Waals surface area contributed by atoms with Crippen molar-refractivity contribution in [3.63, 3.8) is 0 Å². The fraction of sp³-hybridized carbons (Fsp3) is 0.385. The number of carbonyl (C=O) groups is 2. The number of nitrogens with two attached hydrogens (primary N) is 1. The average Bonchev–Trinajstić information content (AvgIpc) is 2.40. The summed E-state index contributed by atoms with van der Waals surface area (Å²) < 4.78 is 0. The van der Waals surface area contributed by atoms with Crippen LogP contribution in [0.25, 0.3) is 0 Å². The number of amides is 1. The van der Waals surface area contributed by atoms with Crippen molar-refractivity contribution in [2.45, 2.75) is 5.92 Å². The molecule has 1 unspecified atom stereocenters. The zero-order valence-corrected chi connectivity index (χ0v) is 10.5. The van der Waals surface area contributed by atoms with Crippen LogP contribution in [-0.2, 0) is 9.59 Å². The molecular weight excluding hydrogens is 246 g/mol. The molecular formula is C13H17N3O3. The molecule has 4 N–H and O–H groups in total. The monoisotopic (exact) mass is 263 g/mol. The van der Waals surface area contributed by atoms with Crippen LogP contribution in [0.2, 0.25) is 0 Å². The van der Waals surface area contributed by atoms with Crippen LogP contribution in [0, 0.1) is 0 Å². The van der Waals surface area contributed by atoms with Crippen molar-refractivity contribution < 1.29 is 14.7 Å². The van der Waals surface area contributed by atoms with Gasteiger partial charge in [0.1, 0.15) is 0 Å². The minimum atomic E-state index is -0.924. The van der Waals surface area contributed by atoms with E-state index in [1.807, 2.05) is 17.0 Å². The SMILES string of the molecule is NCC(C(=O)O)c1ccc(N2CCNC(=O)C2)cc1. The highest BCUT2D eigenvalue weighted by atomic mass is 16.4. The van der Waals surface area contributed by atoms with E-state index in [-0.39, 0.29) is 12.5 Å². The van der Waals surface area contributed by atoms with E-state index in [0.29, 0.717) is 18.7 Å². The molecule has 19 heavy (non-hydrogen) atoms. The van der Waals surface area contributed by atoms with E-state index in [0.717, 1.165) is 12.2 Å². The maximum absolute atomic E-state index is 11.3. The van der Waals surface area contributed by atoms with Gasteiger partial charge in [0.15, 0.2) is 0 Å². The number of piperazine rings is 1. The van der Waals surface area contributed by atoms with Crippen molar-refractivity contribution in [1.29, 1.82) is 0 Å². The molecule has 1 aliphatic heterocycles. The molecule has 1 aliphatic rings. The van der Waals surface area contributed by atoms with Crippen LogP contribution in [-0.4, -0.2) is 43.2 Å². The number of rotatable bonds is 4. The third-order valence-electron chi connectivity index (χ3n) is 3.23. The number of hydrogen-bond acceptors (Lipinski definition) is 4. The van der Waals surface area contributed by atoms with Crippen LogP contribution < -0.4 is 16.0 Å². The lowest BCUT2D eigenvalue weighted by molar-refractivity contribution is -0.138. The highest BCUT2D eigenvalue weighted by Crippen LogP contribution is 2.20. The third-order valence-corrected chi connectivity index (χ3v) is 3.23. The van der Waals surface area contributed by atoms with Gasteiger partial charge in [0, 0.05) is 25.3 Å². The van der Waals surface area contributed by atoms with E-state index >= 15 is 0 Å². The second-order valence-electron chi connectivity index (χ2n) is 4.49. The fourth-order valence-corrected chi connectivity index (χ4v) is 2.16. The Morgan fingerprint density at radius 1 is 1.42 bits per heavy atom. The maximum Gasteiger partial charge on any atom is 0.312 e. The third kappa shape index (κ3) is 3.03. The van der Waals surface area contributed by atoms with Gasteiger partial charge in [-0.05, 0) is 17.7 Å². The van der Waals surface area contributed by atoms with E-state index in [9.17, 15) is 9.59 Å². The molecule has 0 bridgehead atoms. The van der Waals surface area contributed by atoms with E-state index < -0.39 is 11.9 Å². The summed E-state index contributed by atoms with van der Waals surface area (Å²) in [6, 6.07) is 7.18. The van der Waals surface area contributed by atoms with Gasteiger partial charge in [0.2, 0.25) is 5.91 Å². The van der Waals surface area contributed by atoms with Gasteiger partial charge in [0.05, 0.1) is 12.5 Å². The Hall–Kier alpha value is -2.08. The number of benzene rings is 1. The topological polar surface area (TPSA) is 95.7 Å². The molecule has 0 radical (unpaired) electrons. The lowest BCUT2D eigenvalue weighted by Crippen LogP contribution is -2.47. The molecule has 1 atom stereocenters. The first-order valence-electron chi connectivity index (χ1n) is 6.16. The van der Waals surface area contributed by atoms with Crippen LogP contribution in [0.4, 0.5) is 5.69 Å². The number of carboxylic acids is 1. The van der Waals surface area contributed by atoms with Gasteiger partial charge < -0.3 is 21.1 Å². The van der Waals surface area contributed by atoms with Gasteiger partial charge in [-0.15, -0.1) is 0 Å². The van der Waals surface area contributed by atoms with Crippen molar-refractivity contribution in [2.24, 2.45) is 5.73 Å². The maximum atomic E-state index is 11.3. The van der Waals surface area contributed by atoms with Gasteiger partial charge in [-0.2, -0.15) is 0 Å². The lowest BCUT2D eigenvalue weighted by atomic mass is 9.99. The summed E-state index contributed by atoms with van der Waals surface area (Å²) in [4.78, 5) is 24.3. The number of carboxylic acid groups (broad SMARTS) is 1. The van der Waals surface area contributed by atoms with Gasteiger partial charge in [0.25, 0.3) is 0 Å². The number of nitrogens with zero attached hydrogens (tertiary/aromatic N) is 1. The number of anilines is 1. The Kier molecular flexibility index (Phi) is 4.01. The molecule has 2 rings (SSSR count). The summed E-state index contributed by atoms with van der Waals surface area (Å²) in [5, 5.41) is 11.8. The fourth-order valence-electron chi connectivity index (χ4n) is 2.16. The van der Waals surface area contributed by atoms with E-state index in [4.69, 9.17) is 10.8 Å². The molecule has 6 heteroatoms. The van der Waals surface area contributed by atoms with Crippen LogP contribution >= 0.6 is 0 Å². The number of hydrogen-bond donors (Lipinski definition) is 3. The molecule has 1 aromatic carbocycles. The zero-order valence-electron chi connectivity index (χ0n) is 10.5. The minimum absolute atomic E-state index is 0.000646. The molecule has 0 aromatic heterocycles.